The van der Waals surface area contributed by atoms with E-state index in [0.717, 1.165) is 38.2 Å². The van der Waals surface area contributed by atoms with E-state index in [0.29, 0.717) is 5.56 Å². The molecule has 0 atom stereocenters. The Morgan fingerprint density at radius 2 is 1.68 bits per heavy atom. The Balaban J connectivity index is 1.41. The number of carbonyl (C=O) groups is 1. The van der Waals surface area contributed by atoms with E-state index in [1.807, 2.05) is 17.2 Å². The van der Waals surface area contributed by atoms with Gasteiger partial charge >= 0.3 is 0 Å². The zero-order valence-electron chi connectivity index (χ0n) is 14.0. The number of para-hydroxylation sites is 1. The van der Waals surface area contributed by atoms with E-state index < -0.39 is 0 Å². The van der Waals surface area contributed by atoms with Crippen LogP contribution in [-0.2, 0) is 6.54 Å². The molecule has 0 spiro atoms. The van der Waals surface area contributed by atoms with Crippen LogP contribution in [0.3, 0.4) is 0 Å². The fraction of sp³-hybridized carbons (Fsp3) is 0.250. The van der Waals surface area contributed by atoms with Crippen molar-refractivity contribution in [3.8, 4) is 0 Å². The van der Waals surface area contributed by atoms with Crippen LogP contribution in [0.4, 0.5) is 0 Å². The monoisotopic (exact) mass is 332 g/mol. The maximum atomic E-state index is 12.5. The molecule has 1 fully saturated rings. The highest BCUT2D eigenvalue weighted by Gasteiger charge is 2.22. The number of fused-ring (bicyclic) bond motifs is 1. The Hall–Kier alpha value is -2.79. The average molecular weight is 332 g/mol. The Morgan fingerprint density at radius 1 is 0.920 bits per heavy atom. The van der Waals surface area contributed by atoms with E-state index in [4.69, 9.17) is 0 Å². The quantitative estimate of drug-likeness (QED) is 0.740. The summed E-state index contributed by atoms with van der Waals surface area (Å²) >= 11 is 0. The summed E-state index contributed by atoms with van der Waals surface area (Å²) in [6, 6.07) is 13.9. The standard InChI is InChI=1S/C20H20N4O/c25-20(17-6-9-21-10-7-17)24-13-11-23(12-14-24)15-18-4-1-3-16-5-2-8-22-19(16)18/h1-10H,11-15H2. The first-order chi connectivity index (χ1) is 12.3. The van der Waals surface area contributed by atoms with E-state index in [2.05, 4.69) is 39.1 Å². The molecule has 5 nitrogen and oxygen atoms in total. The van der Waals surface area contributed by atoms with Crippen LogP contribution in [0.1, 0.15) is 15.9 Å². The van der Waals surface area contributed by atoms with Gasteiger partial charge in [-0.05, 0) is 23.8 Å². The predicted octanol–water partition coefficient (Wildman–Crippen LogP) is 2.59. The molecule has 2 aromatic heterocycles. The zero-order chi connectivity index (χ0) is 17.1. The van der Waals surface area contributed by atoms with E-state index in [1.54, 1.807) is 24.5 Å². The van der Waals surface area contributed by atoms with Crippen LogP contribution in [0.25, 0.3) is 10.9 Å². The molecule has 1 aliphatic heterocycles. The number of hydrogen-bond donors (Lipinski definition) is 0. The number of aromatic nitrogens is 2. The third-order valence-electron chi connectivity index (χ3n) is 4.70. The zero-order valence-corrected chi connectivity index (χ0v) is 14.0. The minimum absolute atomic E-state index is 0.0916. The molecule has 126 valence electrons. The molecule has 1 saturated heterocycles. The minimum Gasteiger partial charge on any atom is -0.336 e. The van der Waals surface area contributed by atoms with Gasteiger partial charge in [-0.2, -0.15) is 0 Å². The second kappa shape index (κ2) is 6.99. The molecule has 0 aliphatic carbocycles. The third kappa shape index (κ3) is 3.37. The second-order valence-corrected chi connectivity index (χ2v) is 6.30. The number of carbonyl (C=O) groups excluding carboxylic acids is 1. The molecule has 5 heteroatoms. The lowest BCUT2D eigenvalue weighted by molar-refractivity contribution is 0.0628. The molecule has 0 N–H and O–H groups in total. The van der Waals surface area contributed by atoms with Crippen LogP contribution in [0.15, 0.2) is 61.1 Å². The number of rotatable bonds is 3. The first-order valence-corrected chi connectivity index (χ1v) is 8.55. The third-order valence-corrected chi connectivity index (χ3v) is 4.70. The minimum atomic E-state index is 0.0916. The summed E-state index contributed by atoms with van der Waals surface area (Å²) in [5.74, 6) is 0.0916. The number of hydrogen-bond acceptors (Lipinski definition) is 4. The number of amides is 1. The average Bonchev–Trinajstić information content (AvgIpc) is 2.69. The molecule has 0 unspecified atom stereocenters. The molecule has 1 aromatic carbocycles. The molecular formula is C20H20N4O. The smallest absolute Gasteiger partial charge is 0.254 e. The van der Waals surface area contributed by atoms with Gasteiger partial charge in [-0.3, -0.25) is 19.7 Å². The first-order valence-electron chi connectivity index (χ1n) is 8.55. The van der Waals surface area contributed by atoms with Gasteiger partial charge in [0.25, 0.3) is 5.91 Å². The van der Waals surface area contributed by atoms with Gasteiger partial charge in [0.2, 0.25) is 0 Å². The lowest BCUT2D eigenvalue weighted by Gasteiger charge is -2.34. The van der Waals surface area contributed by atoms with Gasteiger partial charge in [-0.25, -0.2) is 0 Å². The van der Waals surface area contributed by atoms with E-state index in [1.165, 1.54) is 10.9 Å². The SMILES string of the molecule is O=C(c1ccncc1)N1CCN(Cc2cccc3cccnc23)CC1. The van der Waals surface area contributed by atoms with E-state index in [9.17, 15) is 4.79 Å². The number of piperazine rings is 1. The van der Waals surface area contributed by atoms with Crippen molar-refractivity contribution in [3.63, 3.8) is 0 Å². The molecule has 0 bridgehead atoms. The summed E-state index contributed by atoms with van der Waals surface area (Å²) in [7, 11) is 0. The van der Waals surface area contributed by atoms with Crippen LogP contribution in [-0.4, -0.2) is 51.9 Å². The fourth-order valence-corrected chi connectivity index (χ4v) is 3.32. The maximum absolute atomic E-state index is 12.5. The van der Waals surface area contributed by atoms with Crippen molar-refractivity contribution in [1.29, 1.82) is 0 Å². The van der Waals surface area contributed by atoms with Crippen molar-refractivity contribution in [2.45, 2.75) is 6.54 Å². The Kier molecular flexibility index (Phi) is 4.39. The van der Waals surface area contributed by atoms with Gasteiger partial charge in [0, 0.05) is 62.3 Å². The van der Waals surface area contributed by atoms with Crippen molar-refractivity contribution in [2.24, 2.45) is 0 Å². The number of benzene rings is 1. The largest absolute Gasteiger partial charge is 0.336 e. The van der Waals surface area contributed by atoms with Crippen LogP contribution < -0.4 is 0 Å². The van der Waals surface area contributed by atoms with E-state index in [-0.39, 0.29) is 5.91 Å². The summed E-state index contributed by atoms with van der Waals surface area (Å²) in [6.45, 7) is 4.12. The van der Waals surface area contributed by atoms with Crippen LogP contribution >= 0.6 is 0 Å². The van der Waals surface area contributed by atoms with Gasteiger partial charge in [-0.1, -0.05) is 24.3 Å². The van der Waals surface area contributed by atoms with Gasteiger partial charge in [0.15, 0.2) is 0 Å². The topological polar surface area (TPSA) is 49.3 Å². The Labute approximate surface area is 146 Å². The van der Waals surface area contributed by atoms with Crippen molar-refractivity contribution < 1.29 is 4.79 Å². The van der Waals surface area contributed by atoms with Gasteiger partial charge in [0.05, 0.1) is 5.52 Å². The predicted molar refractivity (Wildman–Crippen MR) is 97.2 cm³/mol. The van der Waals surface area contributed by atoms with Crippen molar-refractivity contribution >= 4 is 16.8 Å². The summed E-state index contributed by atoms with van der Waals surface area (Å²) in [4.78, 5) is 25.3. The highest BCUT2D eigenvalue weighted by molar-refractivity contribution is 5.94. The molecule has 0 saturated carbocycles. The first kappa shape index (κ1) is 15.7. The lowest BCUT2D eigenvalue weighted by Crippen LogP contribution is -2.48. The highest BCUT2D eigenvalue weighted by atomic mass is 16.2. The molecular weight excluding hydrogens is 312 g/mol. The summed E-state index contributed by atoms with van der Waals surface area (Å²) in [5.41, 5.74) is 3.02. The van der Waals surface area contributed by atoms with Crippen LogP contribution in [0.5, 0.6) is 0 Å². The number of pyridine rings is 2. The highest BCUT2D eigenvalue weighted by Crippen LogP contribution is 2.18. The Bertz CT molecular complexity index is 868. The van der Waals surface area contributed by atoms with Gasteiger partial charge in [0.1, 0.15) is 0 Å². The van der Waals surface area contributed by atoms with Gasteiger partial charge < -0.3 is 4.90 Å². The second-order valence-electron chi connectivity index (χ2n) is 6.30. The molecule has 1 aliphatic rings. The molecule has 25 heavy (non-hydrogen) atoms. The molecule has 3 aromatic rings. The summed E-state index contributed by atoms with van der Waals surface area (Å²) in [6.07, 6.45) is 5.17. The fourth-order valence-electron chi connectivity index (χ4n) is 3.32. The van der Waals surface area contributed by atoms with Crippen molar-refractivity contribution in [2.75, 3.05) is 26.2 Å². The Morgan fingerprint density at radius 3 is 2.48 bits per heavy atom. The van der Waals surface area contributed by atoms with Crippen molar-refractivity contribution in [1.82, 2.24) is 19.8 Å². The summed E-state index contributed by atoms with van der Waals surface area (Å²) in [5, 5.41) is 1.17. The van der Waals surface area contributed by atoms with Gasteiger partial charge in [-0.15, -0.1) is 0 Å². The lowest BCUT2D eigenvalue weighted by atomic mass is 10.1. The molecule has 1 amide bonds. The van der Waals surface area contributed by atoms with Crippen LogP contribution in [0.2, 0.25) is 0 Å². The molecule has 4 rings (SSSR count). The summed E-state index contributed by atoms with van der Waals surface area (Å²) < 4.78 is 0. The van der Waals surface area contributed by atoms with Crippen molar-refractivity contribution in [3.05, 3.63) is 72.2 Å². The molecule has 3 heterocycles. The normalized spacial score (nSPS) is 15.4. The molecule has 0 radical (unpaired) electrons. The maximum Gasteiger partial charge on any atom is 0.254 e. The number of nitrogens with zero attached hydrogens (tertiary/aromatic N) is 4. The van der Waals surface area contributed by atoms with E-state index >= 15 is 0 Å². The van der Waals surface area contributed by atoms with Crippen LogP contribution in [0, 0.1) is 0 Å².